The van der Waals surface area contributed by atoms with Gasteiger partial charge in [0.2, 0.25) is 0 Å². The topological polar surface area (TPSA) is 89.9 Å². The summed E-state index contributed by atoms with van der Waals surface area (Å²) in [6.07, 6.45) is -4.83. The van der Waals surface area contributed by atoms with Crippen molar-refractivity contribution in [2.24, 2.45) is 0 Å². The number of nitrogens with zero attached hydrogens (tertiary/aromatic N) is 1. The van der Waals surface area contributed by atoms with Gasteiger partial charge in [0.25, 0.3) is 0 Å². The zero-order chi connectivity index (χ0) is 14.3. The van der Waals surface area contributed by atoms with Gasteiger partial charge in [-0.1, -0.05) is 0 Å². The lowest BCUT2D eigenvalue weighted by Gasteiger charge is -2.24. The van der Waals surface area contributed by atoms with Crippen molar-refractivity contribution in [1.29, 1.82) is 0 Å². The molecule has 0 rings (SSSR count). The summed E-state index contributed by atoms with van der Waals surface area (Å²) in [4.78, 5) is 22.5. The summed E-state index contributed by atoms with van der Waals surface area (Å²) in [6.45, 7) is -0.826. The summed E-state index contributed by atoms with van der Waals surface area (Å²) in [5, 5.41) is 19.2. The Morgan fingerprint density at radius 1 is 1.39 bits per heavy atom. The van der Waals surface area contributed by atoms with Crippen molar-refractivity contribution in [1.82, 2.24) is 10.2 Å². The van der Waals surface area contributed by atoms with Gasteiger partial charge in [-0.05, 0) is 6.92 Å². The van der Waals surface area contributed by atoms with Crippen LogP contribution in [-0.4, -0.2) is 59.0 Å². The zero-order valence-corrected chi connectivity index (χ0v) is 9.70. The fourth-order valence-corrected chi connectivity index (χ4v) is 1.17. The average molecular weight is 272 g/mol. The minimum atomic E-state index is -4.55. The van der Waals surface area contributed by atoms with E-state index in [9.17, 15) is 22.8 Å². The summed E-state index contributed by atoms with van der Waals surface area (Å²) >= 11 is 0. The van der Waals surface area contributed by atoms with Crippen LogP contribution < -0.4 is 5.32 Å². The molecule has 0 aromatic rings. The molecule has 2 amide bonds. The Labute approximate surface area is 101 Å². The van der Waals surface area contributed by atoms with Crippen LogP contribution >= 0.6 is 0 Å². The van der Waals surface area contributed by atoms with Crippen LogP contribution in [0.3, 0.4) is 0 Å². The third-order valence-corrected chi connectivity index (χ3v) is 2.05. The number of alkyl halides is 3. The Balaban J connectivity index is 4.55. The molecule has 106 valence electrons. The van der Waals surface area contributed by atoms with E-state index < -0.39 is 37.4 Å². The first-order valence-corrected chi connectivity index (χ1v) is 5.17. The lowest BCUT2D eigenvalue weighted by Crippen LogP contribution is -2.50. The first-order valence-electron chi connectivity index (χ1n) is 5.17. The van der Waals surface area contributed by atoms with E-state index in [0.29, 0.717) is 4.90 Å². The molecule has 0 aliphatic rings. The van der Waals surface area contributed by atoms with Crippen molar-refractivity contribution < 1.29 is 33.0 Å². The number of amides is 2. The Kier molecular flexibility index (Phi) is 6.45. The summed E-state index contributed by atoms with van der Waals surface area (Å²) in [7, 11) is 0. The molecule has 0 aromatic carbocycles. The Morgan fingerprint density at radius 3 is 2.28 bits per heavy atom. The monoisotopic (exact) mass is 272 g/mol. The summed E-state index contributed by atoms with van der Waals surface area (Å²) in [6, 6.07) is -2.54. The summed E-state index contributed by atoms with van der Waals surface area (Å²) < 4.78 is 36.4. The van der Waals surface area contributed by atoms with Crippen LogP contribution in [0, 0.1) is 0 Å². The predicted molar refractivity (Wildman–Crippen MR) is 55.0 cm³/mol. The van der Waals surface area contributed by atoms with Crippen molar-refractivity contribution >= 4 is 12.0 Å². The van der Waals surface area contributed by atoms with Crippen LogP contribution in [0.2, 0.25) is 0 Å². The minimum Gasteiger partial charge on any atom is -0.480 e. The lowest BCUT2D eigenvalue weighted by atomic mass is 10.2. The van der Waals surface area contributed by atoms with Gasteiger partial charge >= 0.3 is 18.2 Å². The number of carbonyl (C=O) groups is 2. The summed E-state index contributed by atoms with van der Waals surface area (Å²) in [5.41, 5.74) is 0. The molecular formula is C9H15F3N2O4. The standard InChI is InChI=1S/C9H15F3N2O4/c1-2-14(5-9(10,11)12)8(18)13-6(3-4-15)7(16)17/h6,15H,2-5H2,1H3,(H,13,18)(H,16,17). The molecule has 18 heavy (non-hydrogen) atoms. The maximum atomic E-state index is 12.1. The maximum Gasteiger partial charge on any atom is 0.406 e. The van der Waals surface area contributed by atoms with Gasteiger partial charge in [-0.25, -0.2) is 9.59 Å². The number of aliphatic hydroxyl groups is 1. The van der Waals surface area contributed by atoms with Gasteiger partial charge in [0.15, 0.2) is 0 Å². The van der Waals surface area contributed by atoms with Gasteiger partial charge in [0, 0.05) is 19.6 Å². The molecule has 0 saturated carbocycles. The van der Waals surface area contributed by atoms with Crippen LogP contribution in [0.15, 0.2) is 0 Å². The van der Waals surface area contributed by atoms with Crippen molar-refractivity contribution in [2.75, 3.05) is 19.7 Å². The number of hydrogen-bond acceptors (Lipinski definition) is 3. The third-order valence-electron chi connectivity index (χ3n) is 2.05. The molecule has 1 unspecified atom stereocenters. The van der Waals surface area contributed by atoms with Crippen LogP contribution in [-0.2, 0) is 4.79 Å². The first-order chi connectivity index (χ1) is 8.21. The molecule has 9 heteroatoms. The van der Waals surface area contributed by atoms with Crippen LogP contribution in [0.25, 0.3) is 0 Å². The zero-order valence-electron chi connectivity index (χ0n) is 9.70. The number of nitrogens with one attached hydrogen (secondary N) is 1. The Bertz CT molecular complexity index is 296. The third kappa shape index (κ3) is 6.28. The van der Waals surface area contributed by atoms with E-state index in [4.69, 9.17) is 10.2 Å². The van der Waals surface area contributed by atoms with E-state index in [-0.39, 0.29) is 13.0 Å². The number of aliphatic carboxylic acids is 1. The Hall–Kier alpha value is -1.51. The maximum absolute atomic E-state index is 12.1. The molecule has 0 fully saturated rings. The predicted octanol–water partition coefficient (Wildman–Crippen LogP) is 0.416. The molecule has 6 nitrogen and oxygen atoms in total. The van der Waals surface area contributed by atoms with Gasteiger partial charge in [0.05, 0.1) is 0 Å². The van der Waals surface area contributed by atoms with E-state index in [2.05, 4.69) is 0 Å². The van der Waals surface area contributed by atoms with Crippen LogP contribution in [0.1, 0.15) is 13.3 Å². The number of aliphatic hydroxyl groups excluding tert-OH is 1. The van der Waals surface area contributed by atoms with Crippen molar-refractivity contribution in [3.8, 4) is 0 Å². The highest BCUT2D eigenvalue weighted by Crippen LogP contribution is 2.16. The molecule has 0 aliphatic carbocycles. The van der Waals surface area contributed by atoms with Gasteiger partial charge in [-0.15, -0.1) is 0 Å². The number of rotatable bonds is 6. The largest absolute Gasteiger partial charge is 0.480 e. The number of halogens is 3. The second-order valence-corrected chi connectivity index (χ2v) is 3.48. The van der Waals surface area contributed by atoms with Crippen molar-refractivity contribution in [3.63, 3.8) is 0 Å². The highest BCUT2D eigenvalue weighted by atomic mass is 19.4. The van der Waals surface area contributed by atoms with Gasteiger partial charge in [0.1, 0.15) is 12.6 Å². The van der Waals surface area contributed by atoms with Gasteiger partial charge < -0.3 is 20.4 Å². The first kappa shape index (κ1) is 16.5. The number of carboxylic acid groups (broad SMARTS) is 1. The van der Waals surface area contributed by atoms with Gasteiger partial charge in [-0.2, -0.15) is 13.2 Å². The van der Waals surface area contributed by atoms with Gasteiger partial charge in [-0.3, -0.25) is 0 Å². The van der Waals surface area contributed by atoms with E-state index in [1.165, 1.54) is 6.92 Å². The van der Waals surface area contributed by atoms with Crippen molar-refractivity contribution in [3.05, 3.63) is 0 Å². The molecule has 0 aliphatic heterocycles. The highest BCUT2D eigenvalue weighted by molar-refractivity contribution is 5.82. The number of hydrogen-bond donors (Lipinski definition) is 3. The van der Waals surface area contributed by atoms with E-state index in [1.807, 2.05) is 5.32 Å². The van der Waals surface area contributed by atoms with E-state index in [1.54, 1.807) is 0 Å². The second-order valence-electron chi connectivity index (χ2n) is 3.48. The molecule has 0 radical (unpaired) electrons. The fourth-order valence-electron chi connectivity index (χ4n) is 1.17. The van der Waals surface area contributed by atoms with E-state index in [0.717, 1.165) is 0 Å². The highest BCUT2D eigenvalue weighted by Gasteiger charge is 2.33. The molecule has 0 heterocycles. The average Bonchev–Trinajstić information content (AvgIpc) is 2.23. The smallest absolute Gasteiger partial charge is 0.406 e. The minimum absolute atomic E-state index is 0.212. The number of carboxylic acids is 1. The van der Waals surface area contributed by atoms with Crippen molar-refractivity contribution in [2.45, 2.75) is 25.6 Å². The van der Waals surface area contributed by atoms with Crippen LogP contribution in [0.4, 0.5) is 18.0 Å². The molecule has 0 aromatic heterocycles. The molecule has 0 spiro atoms. The molecule has 3 N–H and O–H groups in total. The van der Waals surface area contributed by atoms with E-state index >= 15 is 0 Å². The second kappa shape index (κ2) is 7.04. The normalized spacial score (nSPS) is 12.9. The number of carbonyl (C=O) groups excluding carboxylic acids is 1. The van der Waals surface area contributed by atoms with Crippen LogP contribution in [0.5, 0.6) is 0 Å². The summed E-state index contributed by atoms with van der Waals surface area (Å²) in [5.74, 6) is -1.42. The molecule has 0 saturated heterocycles. The quantitative estimate of drug-likeness (QED) is 0.653. The lowest BCUT2D eigenvalue weighted by molar-refractivity contribution is -0.141. The fraction of sp³-hybridized carbons (Fsp3) is 0.778. The molecular weight excluding hydrogens is 257 g/mol. The Morgan fingerprint density at radius 2 is 1.94 bits per heavy atom. The number of urea groups is 1. The molecule has 0 bridgehead atoms. The molecule has 1 atom stereocenters. The SMILES string of the molecule is CCN(CC(F)(F)F)C(=O)NC(CCO)C(=O)O.